The summed E-state index contributed by atoms with van der Waals surface area (Å²) in [6.07, 6.45) is 11.2. The Labute approximate surface area is 408 Å². The fraction of sp³-hybridized carbons (Fsp3) is 0.643. The second kappa shape index (κ2) is 22.6. The molecule has 2 atom stereocenters. The first kappa shape index (κ1) is 53.9. The number of nitrogens with one attached hydrogen (secondary N) is 1. The van der Waals surface area contributed by atoms with Crippen molar-refractivity contribution in [2.24, 2.45) is 10.4 Å². The van der Waals surface area contributed by atoms with Gasteiger partial charge in [0, 0.05) is 109 Å². The van der Waals surface area contributed by atoms with Gasteiger partial charge in [-0.15, -0.1) is 0 Å². The third-order valence-corrected chi connectivity index (χ3v) is 15.2. The summed E-state index contributed by atoms with van der Waals surface area (Å²) >= 11 is 0. The molecule has 2 aliphatic heterocycles. The minimum Gasteiger partial charge on any atom is -0.506 e. The van der Waals surface area contributed by atoms with E-state index < -0.39 is 11.7 Å². The van der Waals surface area contributed by atoms with Crippen LogP contribution in [0.15, 0.2) is 57.5 Å². The van der Waals surface area contributed by atoms with Crippen molar-refractivity contribution in [3.8, 4) is 0 Å². The first-order valence-corrected chi connectivity index (χ1v) is 26.0. The molecule has 0 saturated carbocycles. The zero-order valence-electron chi connectivity index (χ0n) is 44.2. The molecule has 1 aromatic carbocycles. The highest BCUT2D eigenvalue weighted by atomic mass is 16.3. The molecule has 4 amide bonds. The smallest absolute Gasteiger partial charge is 0.246 e. The van der Waals surface area contributed by atoms with Gasteiger partial charge in [-0.1, -0.05) is 81.1 Å². The zero-order valence-corrected chi connectivity index (χ0v) is 44.2. The largest absolute Gasteiger partial charge is 0.506 e. The number of aliphatic imine (C=N–C) groups is 1. The predicted molar refractivity (Wildman–Crippen MR) is 277 cm³/mol. The van der Waals surface area contributed by atoms with Crippen LogP contribution >= 0.6 is 0 Å². The Balaban J connectivity index is 1.61. The van der Waals surface area contributed by atoms with Crippen molar-refractivity contribution < 1.29 is 29.1 Å². The fourth-order valence-electron chi connectivity index (χ4n) is 10.4. The van der Waals surface area contributed by atoms with E-state index in [4.69, 9.17) is 0 Å². The highest BCUT2D eigenvalue weighted by Crippen LogP contribution is 2.53. The molecule has 1 saturated heterocycles. The molecule has 0 bridgehead atoms. The highest BCUT2D eigenvalue weighted by molar-refractivity contribution is 6.42. The molecule has 2 unspecified atom stereocenters. The van der Waals surface area contributed by atoms with Gasteiger partial charge in [0.15, 0.2) is 0 Å². The lowest BCUT2D eigenvalue weighted by molar-refractivity contribution is -0.133. The van der Waals surface area contributed by atoms with Crippen LogP contribution in [0.4, 0.5) is 11.4 Å². The molecule has 1 aromatic rings. The molecule has 374 valence electrons. The van der Waals surface area contributed by atoms with Gasteiger partial charge in [0.1, 0.15) is 5.76 Å². The lowest BCUT2D eigenvalue weighted by Crippen LogP contribution is -2.42. The fourth-order valence-corrected chi connectivity index (χ4v) is 10.4. The van der Waals surface area contributed by atoms with Crippen LogP contribution < -0.4 is 10.2 Å². The van der Waals surface area contributed by atoms with Gasteiger partial charge in [-0.3, -0.25) is 24.0 Å². The predicted octanol–water partition coefficient (Wildman–Crippen LogP) is 11.0. The van der Waals surface area contributed by atoms with Gasteiger partial charge in [0.25, 0.3) is 0 Å². The lowest BCUT2D eigenvalue weighted by Gasteiger charge is -2.34. The quantitative estimate of drug-likeness (QED) is 0.109. The van der Waals surface area contributed by atoms with E-state index in [9.17, 15) is 29.1 Å². The Morgan fingerprint density at radius 3 is 1.69 bits per heavy atom. The number of carbonyl (C=O) groups is 5. The van der Waals surface area contributed by atoms with Gasteiger partial charge < -0.3 is 30.0 Å². The average Bonchev–Trinajstić information content (AvgIpc) is 3.60. The number of amides is 4. The number of carbonyl (C=O) groups excluding carboxylic acids is 5. The minimum atomic E-state index is -0.477. The SMILES string of the molecule is CCCCN(CCCC)C(=O)CCC(=O)N=C1C=C2C(=C/C1=C1/C(=O)C(c3cc4c(cc3NC(=O)CCC(=O)N(CCCC)CCCC)N(C(C)C)C(C)C4(C)C)=C1O)C(C)(C)C(C)N2C(C)C. The van der Waals surface area contributed by atoms with Crippen LogP contribution in [0.3, 0.4) is 0 Å². The molecule has 0 radical (unpaired) electrons. The summed E-state index contributed by atoms with van der Waals surface area (Å²) in [5.74, 6) is -1.62. The summed E-state index contributed by atoms with van der Waals surface area (Å²) in [4.78, 5) is 82.5. The standard InChI is InChI=1S/C56H84N6O6/c1-15-19-27-59(28-20-16-2)49(65)25-23-47(63)57-43-33-45-41(55(11,12)37(9)61(45)35(5)6)31-39(43)51-53(67)52(54(51)68)40-32-42-46(62(36(7)8)38(10)56(42,13)14)34-44(40)58-48(64)24-26-50(66)60(29-21-17-3)30-22-18-4/h31-38,67H,15-30H2,1-14H3,(H,57,63)/b52-40-,58-44?. The van der Waals surface area contributed by atoms with E-state index in [-0.39, 0.29) is 101 Å². The first-order valence-electron chi connectivity index (χ1n) is 26.0. The topological polar surface area (TPSA) is 143 Å². The summed E-state index contributed by atoms with van der Waals surface area (Å²) in [5.41, 5.74) is 4.66. The van der Waals surface area contributed by atoms with E-state index in [1.54, 1.807) is 0 Å². The number of allylic oxidation sites excluding steroid dienone is 6. The number of aliphatic hydroxyl groups excluding tert-OH is 1. The molecule has 0 spiro atoms. The summed E-state index contributed by atoms with van der Waals surface area (Å²) in [5, 5.41) is 15.4. The summed E-state index contributed by atoms with van der Waals surface area (Å²) < 4.78 is 0. The van der Waals surface area contributed by atoms with Crippen molar-refractivity contribution in [1.29, 1.82) is 0 Å². The summed E-state index contributed by atoms with van der Waals surface area (Å²) in [6.45, 7) is 32.5. The number of anilines is 2. The Kier molecular flexibility index (Phi) is 17.9. The van der Waals surface area contributed by atoms with Crippen molar-refractivity contribution in [2.45, 2.75) is 204 Å². The Bertz CT molecular complexity index is 2240. The van der Waals surface area contributed by atoms with Gasteiger partial charge in [-0.05, 0) is 103 Å². The van der Waals surface area contributed by atoms with Crippen LogP contribution in [0.25, 0.3) is 5.57 Å². The normalized spacial score (nSPS) is 21.0. The van der Waals surface area contributed by atoms with E-state index in [0.29, 0.717) is 43.0 Å². The van der Waals surface area contributed by atoms with Crippen molar-refractivity contribution in [3.63, 3.8) is 0 Å². The number of unbranched alkanes of at least 4 members (excludes halogenated alkanes) is 4. The van der Waals surface area contributed by atoms with Crippen molar-refractivity contribution >= 4 is 52.1 Å². The molecule has 2 aliphatic carbocycles. The summed E-state index contributed by atoms with van der Waals surface area (Å²) in [6, 6.07) is 4.28. The number of hydrogen-bond donors (Lipinski definition) is 2. The van der Waals surface area contributed by atoms with Crippen LogP contribution in [0, 0.1) is 5.41 Å². The molecule has 1 fully saturated rings. The van der Waals surface area contributed by atoms with E-state index in [0.717, 1.165) is 73.9 Å². The Morgan fingerprint density at radius 2 is 1.21 bits per heavy atom. The maximum absolute atomic E-state index is 15.0. The maximum atomic E-state index is 15.0. The molecular formula is C56H84N6O6. The van der Waals surface area contributed by atoms with Crippen molar-refractivity contribution in [3.05, 3.63) is 63.6 Å². The molecule has 4 aliphatic rings. The molecule has 2 N–H and O–H groups in total. The van der Waals surface area contributed by atoms with Gasteiger partial charge >= 0.3 is 0 Å². The number of nitrogens with zero attached hydrogens (tertiary/aromatic N) is 5. The van der Waals surface area contributed by atoms with E-state index in [1.807, 2.05) is 34.1 Å². The number of Topliss-reactive ketones (excluding diaryl/α,β-unsaturated/α-hetero) is 1. The third-order valence-electron chi connectivity index (χ3n) is 15.2. The van der Waals surface area contributed by atoms with Gasteiger partial charge in [0.2, 0.25) is 29.4 Å². The highest BCUT2D eigenvalue weighted by Gasteiger charge is 2.49. The van der Waals surface area contributed by atoms with Crippen LogP contribution in [0.5, 0.6) is 0 Å². The van der Waals surface area contributed by atoms with Crippen molar-refractivity contribution in [2.75, 3.05) is 36.4 Å². The first-order chi connectivity index (χ1) is 32.1. The molecule has 68 heavy (non-hydrogen) atoms. The molecular weight excluding hydrogens is 853 g/mol. The van der Waals surface area contributed by atoms with Gasteiger partial charge in [-0.2, -0.15) is 0 Å². The van der Waals surface area contributed by atoms with E-state index in [1.165, 1.54) is 0 Å². The number of fused-ring (bicyclic) bond motifs is 2. The number of ketones is 1. The average molecular weight is 937 g/mol. The lowest BCUT2D eigenvalue weighted by atomic mass is 9.73. The minimum absolute atomic E-state index is 0.0309. The molecule has 5 rings (SSSR count). The number of likely N-dealkylation sites (tertiary alicyclic amines) is 1. The third kappa shape index (κ3) is 11.0. The van der Waals surface area contributed by atoms with Gasteiger partial charge in [-0.25, -0.2) is 4.99 Å². The number of hydrogen-bond acceptors (Lipinski definition) is 8. The van der Waals surface area contributed by atoms with Crippen LogP contribution in [-0.2, 0) is 29.4 Å². The molecule has 12 heteroatoms. The molecule has 2 heterocycles. The van der Waals surface area contributed by atoms with Crippen molar-refractivity contribution in [1.82, 2.24) is 14.7 Å². The number of benzene rings is 1. The molecule has 0 aromatic heterocycles. The second-order valence-electron chi connectivity index (χ2n) is 21.3. The Morgan fingerprint density at radius 1 is 0.706 bits per heavy atom. The Hall–Kier alpha value is -5.00. The molecule has 12 nitrogen and oxygen atoms in total. The van der Waals surface area contributed by atoms with Crippen LogP contribution in [0.1, 0.15) is 185 Å². The van der Waals surface area contributed by atoms with E-state index >= 15 is 0 Å². The van der Waals surface area contributed by atoms with Gasteiger partial charge in [0.05, 0.1) is 22.5 Å². The maximum Gasteiger partial charge on any atom is 0.246 e. The van der Waals surface area contributed by atoms with Crippen LogP contribution in [-0.4, -0.2) is 105 Å². The van der Waals surface area contributed by atoms with E-state index in [2.05, 4.69) is 117 Å². The monoisotopic (exact) mass is 937 g/mol. The summed E-state index contributed by atoms with van der Waals surface area (Å²) in [7, 11) is 0. The second-order valence-corrected chi connectivity index (χ2v) is 21.3. The number of rotatable bonds is 22. The number of aliphatic hydroxyl groups is 1. The van der Waals surface area contributed by atoms with Crippen LogP contribution in [0.2, 0.25) is 0 Å². The zero-order chi connectivity index (χ0) is 50.4.